The molecule has 4 heteroatoms. The van der Waals surface area contributed by atoms with Crippen LogP contribution in [0.25, 0.3) is 0 Å². The molecule has 0 amide bonds. The first-order chi connectivity index (χ1) is 8.62. The molecule has 0 saturated carbocycles. The van der Waals surface area contributed by atoms with Gasteiger partial charge in [-0.05, 0) is 43.8 Å². The Morgan fingerprint density at radius 2 is 1.78 bits per heavy atom. The van der Waals surface area contributed by atoms with E-state index in [1.165, 1.54) is 0 Å². The number of nitrogens with zero attached hydrogens (tertiary/aromatic N) is 1. The van der Waals surface area contributed by atoms with Crippen LogP contribution < -0.4 is 5.73 Å². The van der Waals surface area contributed by atoms with Gasteiger partial charge < -0.3 is 10.5 Å². The third-order valence-electron chi connectivity index (χ3n) is 2.96. The summed E-state index contributed by atoms with van der Waals surface area (Å²) in [6, 6.07) is 6.78. The minimum absolute atomic E-state index is 0.162. The maximum absolute atomic E-state index is 12.0. The zero-order valence-electron chi connectivity index (χ0n) is 11.3. The fraction of sp³-hybridized carbons (Fsp3) is 0.500. The van der Waals surface area contributed by atoms with Gasteiger partial charge in [0.25, 0.3) is 0 Å². The summed E-state index contributed by atoms with van der Waals surface area (Å²) in [5.41, 5.74) is 6.76. The lowest BCUT2D eigenvalue weighted by atomic mass is 10.2. The van der Waals surface area contributed by atoms with Crippen LogP contribution in [-0.4, -0.2) is 30.2 Å². The lowest BCUT2D eigenvalue weighted by Gasteiger charge is -2.28. The van der Waals surface area contributed by atoms with Crippen molar-refractivity contribution in [1.29, 1.82) is 0 Å². The molecule has 1 unspecified atom stereocenters. The number of carbonyl (C=O) groups is 1. The first kappa shape index (κ1) is 14.5. The molecule has 100 valence electrons. The van der Waals surface area contributed by atoms with E-state index in [2.05, 4.69) is 18.7 Å². The number of nitrogens with two attached hydrogens (primary N) is 1. The quantitative estimate of drug-likeness (QED) is 0.479. The van der Waals surface area contributed by atoms with Crippen molar-refractivity contribution in [3.05, 3.63) is 29.8 Å². The molecule has 0 saturated heterocycles. The molecule has 0 aliphatic carbocycles. The van der Waals surface area contributed by atoms with Crippen LogP contribution in [0.2, 0.25) is 0 Å². The Hall–Kier alpha value is -1.55. The predicted molar refractivity (Wildman–Crippen MR) is 73.3 cm³/mol. The molecule has 0 fully saturated rings. The number of ether oxygens (including phenoxy) is 1. The average Bonchev–Trinajstić information content (AvgIpc) is 2.39. The van der Waals surface area contributed by atoms with Crippen LogP contribution in [0.5, 0.6) is 0 Å². The van der Waals surface area contributed by atoms with Gasteiger partial charge in [-0.25, -0.2) is 4.79 Å². The molecule has 0 aromatic heterocycles. The van der Waals surface area contributed by atoms with Crippen molar-refractivity contribution in [2.45, 2.75) is 33.4 Å². The maximum Gasteiger partial charge on any atom is 0.339 e. The van der Waals surface area contributed by atoms with Gasteiger partial charge in [0.1, 0.15) is 0 Å². The largest absolute Gasteiger partial charge is 0.443 e. The molecule has 1 atom stereocenters. The Bertz CT molecular complexity index is 372. The van der Waals surface area contributed by atoms with Crippen LogP contribution in [-0.2, 0) is 4.74 Å². The number of hydrogen-bond acceptors (Lipinski definition) is 4. The highest BCUT2D eigenvalue weighted by atomic mass is 16.6. The van der Waals surface area contributed by atoms with Gasteiger partial charge in [0.2, 0.25) is 0 Å². The second-order valence-corrected chi connectivity index (χ2v) is 4.11. The van der Waals surface area contributed by atoms with Crippen LogP contribution in [0, 0.1) is 0 Å². The highest BCUT2D eigenvalue weighted by Crippen LogP contribution is 2.11. The number of hydrogen-bond donors (Lipinski definition) is 1. The predicted octanol–water partition coefficient (Wildman–Crippen LogP) is 2.50. The molecule has 1 rings (SSSR count). The van der Waals surface area contributed by atoms with Crippen molar-refractivity contribution in [3.8, 4) is 0 Å². The zero-order valence-corrected chi connectivity index (χ0v) is 11.3. The van der Waals surface area contributed by atoms with E-state index in [0.717, 1.165) is 19.5 Å². The number of esters is 1. The van der Waals surface area contributed by atoms with E-state index < -0.39 is 0 Å². The fourth-order valence-electron chi connectivity index (χ4n) is 1.86. The van der Waals surface area contributed by atoms with Gasteiger partial charge >= 0.3 is 5.97 Å². The molecule has 0 aliphatic rings. The third-order valence-corrected chi connectivity index (χ3v) is 2.96. The summed E-state index contributed by atoms with van der Waals surface area (Å²) in [5.74, 6) is -0.297. The van der Waals surface area contributed by atoms with E-state index in [1.54, 1.807) is 24.3 Å². The maximum atomic E-state index is 12.0. The molecular formula is C14H22N2O2. The number of rotatable bonds is 6. The second kappa shape index (κ2) is 7.01. The van der Waals surface area contributed by atoms with Crippen LogP contribution >= 0.6 is 0 Å². The van der Waals surface area contributed by atoms with Crippen molar-refractivity contribution in [2.75, 3.05) is 18.8 Å². The van der Waals surface area contributed by atoms with Gasteiger partial charge in [-0.3, -0.25) is 4.90 Å². The van der Waals surface area contributed by atoms with E-state index in [0.29, 0.717) is 11.3 Å². The van der Waals surface area contributed by atoms with Gasteiger partial charge in [-0.15, -0.1) is 0 Å². The molecule has 1 aromatic rings. The first-order valence-corrected chi connectivity index (χ1v) is 6.42. The van der Waals surface area contributed by atoms with Crippen molar-refractivity contribution in [3.63, 3.8) is 0 Å². The summed E-state index contributed by atoms with van der Waals surface area (Å²) >= 11 is 0. The van der Waals surface area contributed by atoms with Gasteiger partial charge in [0.15, 0.2) is 6.23 Å². The van der Waals surface area contributed by atoms with E-state index in [1.807, 2.05) is 6.92 Å². The number of anilines is 1. The SMILES string of the molecule is CCC(OC(=O)c1ccc(N)cc1)N(CC)CC. The highest BCUT2D eigenvalue weighted by molar-refractivity contribution is 5.89. The minimum Gasteiger partial charge on any atom is -0.443 e. The second-order valence-electron chi connectivity index (χ2n) is 4.11. The van der Waals surface area contributed by atoms with Crippen LogP contribution in [0.3, 0.4) is 0 Å². The lowest BCUT2D eigenvalue weighted by Crippen LogP contribution is -2.38. The van der Waals surface area contributed by atoms with Crippen LogP contribution in [0.1, 0.15) is 37.6 Å². The standard InChI is InChI=1S/C14H22N2O2/c1-4-13(16(5-2)6-3)18-14(17)11-7-9-12(15)10-8-11/h7-10,13H,4-6,15H2,1-3H3. The summed E-state index contributed by atoms with van der Waals surface area (Å²) in [5, 5.41) is 0. The minimum atomic E-state index is -0.297. The molecule has 4 nitrogen and oxygen atoms in total. The molecule has 0 bridgehead atoms. The Labute approximate surface area is 109 Å². The number of benzene rings is 1. The van der Waals surface area contributed by atoms with Crippen molar-refractivity contribution in [2.24, 2.45) is 0 Å². The van der Waals surface area contributed by atoms with Crippen LogP contribution in [0.15, 0.2) is 24.3 Å². The third kappa shape index (κ3) is 3.74. The summed E-state index contributed by atoms with van der Waals surface area (Å²) in [4.78, 5) is 14.1. The summed E-state index contributed by atoms with van der Waals surface area (Å²) in [6.07, 6.45) is 0.618. The molecule has 1 aromatic carbocycles. The van der Waals surface area contributed by atoms with Crippen molar-refractivity contribution >= 4 is 11.7 Å². The Kier molecular flexibility index (Phi) is 5.65. The molecule has 18 heavy (non-hydrogen) atoms. The van der Waals surface area contributed by atoms with Gasteiger partial charge in [-0.2, -0.15) is 0 Å². The van der Waals surface area contributed by atoms with Crippen molar-refractivity contribution < 1.29 is 9.53 Å². The Balaban J connectivity index is 2.70. The lowest BCUT2D eigenvalue weighted by molar-refractivity contribution is -0.0306. The smallest absolute Gasteiger partial charge is 0.339 e. The molecule has 0 spiro atoms. The topological polar surface area (TPSA) is 55.6 Å². The number of nitrogen functional groups attached to an aromatic ring is 1. The van der Waals surface area contributed by atoms with E-state index in [9.17, 15) is 4.79 Å². The molecule has 0 aliphatic heterocycles. The Morgan fingerprint density at radius 1 is 1.22 bits per heavy atom. The normalized spacial score (nSPS) is 12.4. The van der Waals surface area contributed by atoms with Crippen molar-refractivity contribution in [1.82, 2.24) is 4.90 Å². The number of carbonyl (C=O) groups excluding carboxylic acids is 1. The summed E-state index contributed by atoms with van der Waals surface area (Å²) in [6.45, 7) is 7.86. The zero-order chi connectivity index (χ0) is 13.5. The highest BCUT2D eigenvalue weighted by Gasteiger charge is 2.18. The van der Waals surface area contributed by atoms with Crippen LogP contribution in [0.4, 0.5) is 5.69 Å². The summed E-state index contributed by atoms with van der Waals surface area (Å²) < 4.78 is 5.52. The Morgan fingerprint density at radius 3 is 2.22 bits per heavy atom. The average molecular weight is 250 g/mol. The van der Waals surface area contributed by atoms with E-state index in [-0.39, 0.29) is 12.2 Å². The summed E-state index contributed by atoms with van der Waals surface area (Å²) in [7, 11) is 0. The van der Waals surface area contributed by atoms with Gasteiger partial charge in [0, 0.05) is 5.69 Å². The molecule has 0 heterocycles. The first-order valence-electron chi connectivity index (χ1n) is 6.42. The monoisotopic (exact) mass is 250 g/mol. The molecule has 0 radical (unpaired) electrons. The molecular weight excluding hydrogens is 228 g/mol. The van der Waals surface area contributed by atoms with E-state index >= 15 is 0 Å². The van der Waals surface area contributed by atoms with Gasteiger partial charge in [0.05, 0.1) is 5.56 Å². The van der Waals surface area contributed by atoms with E-state index in [4.69, 9.17) is 10.5 Å². The fourth-order valence-corrected chi connectivity index (χ4v) is 1.86. The van der Waals surface area contributed by atoms with Gasteiger partial charge in [-0.1, -0.05) is 20.8 Å². The molecule has 2 N–H and O–H groups in total.